The van der Waals surface area contributed by atoms with Gasteiger partial charge in [-0.15, -0.1) is 0 Å². The fraction of sp³-hybridized carbons (Fsp3) is 0.364. The van der Waals surface area contributed by atoms with Crippen molar-refractivity contribution in [3.63, 3.8) is 0 Å². The zero-order chi connectivity index (χ0) is 12.8. The van der Waals surface area contributed by atoms with Gasteiger partial charge in [0.15, 0.2) is 6.04 Å². The molecule has 92 valence electrons. The van der Waals surface area contributed by atoms with E-state index in [2.05, 4.69) is 15.0 Å². The Morgan fingerprint density at radius 3 is 2.82 bits per heavy atom. The summed E-state index contributed by atoms with van der Waals surface area (Å²) in [5, 5.41) is 11.3. The number of aliphatic hydroxyl groups is 1. The molecular weight excluding hydrogens is 224 g/mol. The highest BCUT2D eigenvalue weighted by Gasteiger charge is 2.22. The van der Waals surface area contributed by atoms with Gasteiger partial charge in [-0.05, 0) is 18.6 Å². The number of aryl methyl sites for hydroxylation is 1. The lowest BCUT2D eigenvalue weighted by Gasteiger charge is -2.14. The first-order valence-corrected chi connectivity index (χ1v) is 5.01. The Bertz CT molecular complexity index is 420. The molecule has 1 rings (SSSR count). The minimum atomic E-state index is -1.08. The molecule has 0 unspecified atom stereocenters. The van der Waals surface area contributed by atoms with Crippen molar-refractivity contribution in [3.05, 3.63) is 29.6 Å². The number of hydrogen-bond acceptors (Lipinski definition) is 5. The molecular formula is C11H14N2O4. The molecule has 0 radical (unpaired) electrons. The highest BCUT2D eigenvalue weighted by Crippen LogP contribution is 2.03. The molecule has 6 nitrogen and oxygen atoms in total. The first-order valence-electron chi connectivity index (χ1n) is 5.01. The fourth-order valence-corrected chi connectivity index (χ4v) is 1.27. The van der Waals surface area contributed by atoms with Crippen molar-refractivity contribution in [2.45, 2.75) is 13.0 Å². The van der Waals surface area contributed by atoms with E-state index in [0.717, 1.165) is 0 Å². The number of carbonyl (C=O) groups is 2. The van der Waals surface area contributed by atoms with E-state index in [1.807, 2.05) is 0 Å². The van der Waals surface area contributed by atoms with Gasteiger partial charge in [-0.3, -0.25) is 9.78 Å². The van der Waals surface area contributed by atoms with Gasteiger partial charge in [0.25, 0.3) is 5.91 Å². The quantitative estimate of drug-likeness (QED) is 0.700. The van der Waals surface area contributed by atoms with Crippen LogP contribution in [0.1, 0.15) is 16.1 Å². The van der Waals surface area contributed by atoms with Crippen LogP contribution in [-0.4, -0.2) is 41.7 Å². The normalized spacial score (nSPS) is 11.7. The van der Waals surface area contributed by atoms with Crippen LogP contribution in [-0.2, 0) is 9.53 Å². The van der Waals surface area contributed by atoms with Gasteiger partial charge >= 0.3 is 5.97 Å². The van der Waals surface area contributed by atoms with Crippen molar-refractivity contribution in [3.8, 4) is 0 Å². The third-order valence-electron chi connectivity index (χ3n) is 2.20. The number of pyridine rings is 1. The first kappa shape index (κ1) is 13.1. The van der Waals surface area contributed by atoms with E-state index in [0.29, 0.717) is 5.56 Å². The number of amides is 1. The van der Waals surface area contributed by atoms with Gasteiger partial charge in [0, 0.05) is 6.20 Å². The zero-order valence-corrected chi connectivity index (χ0v) is 9.64. The molecule has 0 aromatic carbocycles. The Morgan fingerprint density at radius 1 is 1.59 bits per heavy atom. The highest BCUT2D eigenvalue weighted by molar-refractivity contribution is 5.96. The second-order valence-corrected chi connectivity index (χ2v) is 3.40. The van der Waals surface area contributed by atoms with Gasteiger partial charge in [0.05, 0.1) is 13.7 Å². The fourth-order valence-electron chi connectivity index (χ4n) is 1.27. The van der Waals surface area contributed by atoms with Crippen molar-refractivity contribution < 1.29 is 19.4 Å². The first-order chi connectivity index (χ1) is 8.10. The number of nitrogens with zero attached hydrogens (tertiary/aromatic N) is 1. The molecule has 0 spiro atoms. The lowest BCUT2D eigenvalue weighted by molar-refractivity contribution is -0.143. The summed E-state index contributed by atoms with van der Waals surface area (Å²) in [5.41, 5.74) is 0.904. The van der Waals surface area contributed by atoms with Crippen LogP contribution in [0.3, 0.4) is 0 Å². The predicted octanol–water partition coefficient (Wildman–Crippen LogP) is -0.346. The van der Waals surface area contributed by atoms with Crippen LogP contribution < -0.4 is 5.32 Å². The largest absolute Gasteiger partial charge is 0.467 e. The second kappa shape index (κ2) is 5.95. The number of methoxy groups -OCH3 is 1. The molecule has 1 atom stereocenters. The van der Waals surface area contributed by atoms with E-state index in [9.17, 15) is 9.59 Å². The third kappa shape index (κ3) is 3.25. The molecule has 0 saturated heterocycles. The smallest absolute Gasteiger partial charge is 0.330 e. The number of carbonyl (C=O) groups excluding carboxylic acids is 2. The van der Waals surface area contributed by atoms with Crippen LogP contribution in [0.25, 0.3) is 0 Å². The molecule has 0 aliphatic heterocycles. The van der Waals surface area contributed by atoms with E-state index in [4.69, 9.17) is 5.11 Å². The summed E-state index contributed by atoms with van der Waals surface area (Å²) in [6.45, 7) is 1.21. The number of rotatable bonds is 4. The SMILES string of the molecule is COC(=O)[C@H](CO)NC(=O)c1ncccc1C. The molecule has 1 amide bonds. The highest BCUT2D eigenvalue weighted by atomic mass is 16.5. The van der Waals surface area contributed by atoms with Crippen molar-refractivity contribution in [1.82, 2.24) is 10.3 Å². The number of hydrogen-bond donors (Lipinski definition) is 2. The Hall–Kier alpha value is -1.95. The van der Waals surface area contributed by atoms with Crippen LogP contribution in [0, 0.1) is 6.92 Å². The van der Waals surface area contributed by atoms with Gasteiger partial charge in [0.2, 0.25) is 0 Å². The summed E-state index contributed by atoms with van der Waals surface area (Å²) >= 11 is 0. The minimum absolute atomic E-state index is 0.217. The summed E-state index contributed by atoms with van der Waals surface area (Å²) in [5.74, 6) is -1.22. The standard InChI is InChI=1S/C11H14N2O4/c1-7-4-3-5-12-9(7)10(15)13-8(6-14)11(16)17-2/h3-5,8,14H,6H2,1-2H3,(H,13,15)/t8-/m0/s1. The van der Waals surface area contributed by atoms with Gasteiger partial charge < -0.3 is 15.2 Å². The monoisotopic (exact) mass is 238 g/mol. The van der Waals surface area contributed by atoms with Crippen molar-refractivity contribution >= 4 is 11.9 Å². The van der Waals surface area contributed by atoms with Crippen LogP contribution in [0.2, 0.25) is 0 Å². The third-order valence-corrected chi connectivity index (χ3v) is 2.20. The van der Waals surface area contributed by atoms with Crippen molar-refractivity contribution in [2.75, 3.05) is 13.7 Å². The van der Waals surface area contributed by atoms with Crippen LogP contribution in [0.15, 0.2) is 18.3 Å². The van der Waals surface area contributed by atoms with E-state index >= 15 is 0 Å². The Balaban J connectivity index is 2.78. The van der Waals surface area contributed by atoms with E-state index in [1.165, 1.54) is 13.3 Å². The minimum Gasteiger partial charge on any atom is -0.467 e. The molecule has 1 aromatic rings. The number of aromatic nitrogens is 1. The summed E-state index contributed by atoms with van der Waals surface area (Å²) in [6.07, 6.45) is 1.48. The maximum absolute atomic E-state index is 11.8. The molecule has 17 heavy (non-hydrogen) atoms. The number of aliphatic hydroxyl groups excluding tert-OH is 1. The van der Waals surface area contributed by atoms with Crippen LogP contribution in [0.4, 0.5) is 0 Å². The van der Waals surface area contributed by atoms with E-state index < -0.39 is 24.5 Å². The Labute approximate surface area is 98.6 Å². The van der Waals surface area contributed by atoms with Gasteiger partial charge in [-0.1, -0.05) is 6.07 Å². The molecule has 0 aliphatic rings. The van der Waals surface area contributed by atoms with E-state index in [-0.39, 0.29) is 5.69 Å². The number of ether oxygens (including phenoxy) is 1. The molecule has 6 heteroatoms. The molecule has 0 aliphatic carbocycles. The predicted molar refractivity (Wildman–Crippen MR) is 59.3 cm³/mol. The molecule has 1 aromatic heterocycles. The lowest BCUT2D eigenvalue weighted by Crippen LogP contribution is -2.44. The van der Waals surface area contributed by atoms with Crippen LogP contribution in [0.5, 0.6) is 0 Å². The molecule has 0 saturated carbocycles. The van der Waals surface area contributed by atoms with Crippen LogP contribution >= 0.6 is 0 Å². The average Bonchev–Trinajstić information content (AvgIpc) is 2.35. The molecule has 0 fully saturated rings. The summed E-state index contributed by atoms with van der Waals surface area (Å²) in [7, 11) is 1.18. The zero-order valence-electron chi connectivity index (χ0n) is 9.64. The topological polar surface area (TPSA) is 88.5 Å². The maximum Gasteiger partial charge on any atom is 0.330 e. The Kier molecular flexibility index (Phi) is 4.59. The summed E-state index contributed by atoms with van der Waals surface area (Å²) < 4.78 is 4.44. The lowest BCUT2D eigenvalue weighted by atomic mass is 10.2. The molecule has 2 N–H and O–H groups in total. The van der Waals surface area contributed by atoms with Gasteiger partial charge in [0.1, 0.15) is 5.69 Å². The van der Waals surface area contributed by atoms with E-state index in [1.54, 1.807) is 19.1 Å². The van der Waals surface area contributed by atoms with Gasteiger partial charge in [-0.2, -0.15) is 0 Å². The number of esters is 1. The average molecular weight is 238 g/mol. The Morgan fingerprint density at radius 2 is 2.29 bits per heavy atom. The van der Waals surface area contributed by atoms with Crippen molar-refractivity contribution in [2.24, 2.45) is 0 Å². The molecule has 1 heterocycles. The molecule has 0 bridgehead atoms. The summed E-state index contributed by atoms with van der Waals surface area (Å²) in [4.78, 5) is 26.8. The van der Waals surface area contributed by atoms with Crippen molar-refractivity contribution in [1.29, 1.82) is 0 Å². The summed E-state index contributed by atoms with van der Waals surface area (Å²) in [6, 6.07) is 2.36. The second-order valence-electron chi connectivity index (χ2n) is 3.40. The number of nitrogens with one attached hydrogen (secondary N) is 1. The van der Waals surface area contributed by atoms with Gasteiger partial charge in [-0.25, -0.2) is 4.79 Å². The maximum atomic E-state index is 11.8.